The molecule has 2 aliphatic heterocycles. The highest BCUT2D eigenvalue weighted by atomic mass is 32.2. The molecule has 7 nitrogen and oxygen atoms in total. The molecule has 1 N–H and O–H groups in total. The largest absolute Gasteiger partial charge is 0.373 e. The van der Waals surface area contributed by atoms with E-state index in [-0.39, 0.29) is 29.1 Å². The van der Waals surface area contributed by atoms with Crippen LogP contribution in [0.2, 0.25) is 0 Å². The van der Waals surface area contributed by atoms with Gasteiger partial charge in [-0.25, -0.2) is 8.42 Å². The molecule has 2 aliphatic rings. The Kier molecular flexibility index (Phi) is 6.20. The number of likely N-dealkylation sites (tertiary alicyclic amines) is 1. The first-order valence-corrected chi connectivity index (χ1v) is 11.0. The van der Waals surface area contributed by atoms with Crippen LogP contribution >= 0.6 is 0 Å². The summed E-state index contributed by atoms with van der Waals surface area (Å²) < 4.78 is 32.9. The molecule has 0 saturated carbocycles. The summed E-state index contributed by atoms with van der Waals surface area (Å²) in [5.74, 6) is -0.0367. The van der Waals surface area contributed by atoms with Crippen molar-refractivity contribution in [3.8, 4) is 0 Å². The Morgan fingerprint density at radius 2 is 1.81 bits per heavy atom. The van der Waals surface area contributed by atoms with Crippen LogP contribution < -0.4 is 5.32 Å². The van der Waals surface area contributed by atoms with Crippen molar-refractivity contribution in [3.63, 3.8) is 0 Å². The number of sulfonamides is 1. The number of hydrogen-bond acceptors (Lipinski definition) is 5. The van der Waals surface area contributed by atoms with Crippen molar-refractivity contribution in [2.45, 2.75) is 49.8 Å². The van der Waals surface area contributed by atoms with Gasteiger partial charge < -0.3 is 15.0 Å². The van der Waals surface area contributed by atoms with Gasteiger partial charge in [-0.05, 0) is 58.0 Å². The number of likely N-dealkylation sites (N-methyl/N-ethyl adjacent to an activating group) is 1. The maximum Gasteiger partial charge on any atom is 0.254 e. The molecule has 2 fully saturated rings. The van der Waals surface area contributed by atoms with E-state index in [1.165, 1.54) is 16.4 Å². The smallest absolute Gasteiger partial charge is 0.254 e. The molecule has 1 aromatic carbocycles. The van der Waals surface area contributed by atoms with E-state index in [1.54, 1.807) is 12.1 Å². The third-order valence-electron chi connectivity index (χ3n) is 5.20. The van der Waals surface area contributed by atoms with Crippen LogP contribution in [0.1, 0.15) is 37.0 Å². The number of amides is 1. The summed E-state index contributed by atoms with van der Waals surface area (Å²) >= 11 is 0. The fourth-order valence-corrected chi connectivity index (χ4v) is 5.55. The number of rotatable bonds is 5. The summed E-state index contributed by atoms with van der Waals surface area (Å²) in [6.07, 6.45) is 1.72. The number of ether oxygens (including phenoxy) is 1. The average molecular weight is 396 g/mol. The third kappa shape index (κ3) is 4.34. The third-order valence-corrected chi connectivity index (χ3v) is 7.05. The number of nitrogens with one attached hydrogen (secondary N) is 1. The van der Waals surface area contributed by atoms with Crippen molar-refractivity contribution in [3.05, 3.63) is 29.8 Å². The van der Waals surface area contributed by atoms with Gasteiger partial charge in [-0.3, -0.25) is 4.79 Å². The van der Waals surface area contributed by atoms with E-state index >= 15 is 0 Å². The lowest BCUT2D eigenvalue weighted by molar-refractivity contribution is -0.0440. The maximum atomic E-state index is 12.9. The summed E-state index contributed by atoms with van der Waals surface area (Å²) in [7, 11) is -1.71. The molecule has 0 aliphatic carbocycles. The normalized spacial score (nSPS) is 27.1. The van der Waals surface area contributed by atoms with E-state index in [2.05, 4.69) is 5.32 Å². The molecule has 8 heteroatoms. The zero-order valence-electron chi connectivity index (χ0n) is 16.2. The number of morpholine rings is 1. The van der Waals surface area contributed by atoms with Crippen molar-refractivity contribution in [1.82, 2.24) is 14.5 Å². The van der Waals surface area contributed by atoms with Crippen molar-refractivity contribution in [2.75, 3.05) is 33.2 Å². The zero-order valence-corrected chi connectivity index (χ0v) is 17.0. The van der Waals surface area contributed by atoms with Crippen LogP contribution in [0.25, 0.3) is 0 Å². The van der Waals surface area contributed by atoms with Crippen molar-refractivity contribution >= 4 is 15.9 Å². The molecule has 3 atom stereocenters. The Morgan fingerprint density at radius 3 is 2.41 bits per heavy atom. The minimum atomic E-state index is -3.59. The highest BCUT2D eigenvalue weighted by Gasteiger charge is 2.33. The highest BCUT2D eigenvalue weighted by molar-refractivity contribution is 7.89. The molecule has 150 valence electrons. The van der Waals surface area contributed by atoms with Gasteiger partial charge >= 0.3 is 0 Å². The summed E-state index contributed by atoms with van der Waals surface area (Å²) in [5.41, 5.74) is 0.528. The van der Waals surface area contributed by atoms with E-state index in [0.29, 0.717) is 18.7 Å². The fourth-order valence-electron chi connectivity index (χ4n) is 3.96. The highest BCUT2D eigenvalue weighted by Crippen LogP contribution is 2.23. The Morgan fingerprint density at radius 1 is 1.19 bits per heavy atom. The van der Waals surface area contributed by atoms with E-state index < -0.39 is 10.0 Å². The summed E-state index contributed by atoms with van der Waals surface area (Å²) in [6.45, 7) is 5.94. The Hall–Kier alpha value is -1.48. The first-order valence-electron chi connectivity index (χ1n) is 9.54. The first-order chi connectivity index (χ1) is 12.8. The topological polar surface area (TPSA) is 79.0 Å². The number of carbonyl (C=O) groups is 1. The number of benzene rings is 1. The molecule has 0 bridgehead atoms. The van der Waals surface area contributed by atoms with Gasteiger partial charge in [-0.2, -0.15) is 4.31 Å². The summed E-state index contributed by atoms with van der Waals surface area (Å²) in [5, 5.41) is 3.13. The minimum absolute atomic E-state index is 0.0367. The molecule has 3 unspecified atom stereocenters. The van der Waals surface area contributed by atoms with Crippen LogP contribution in [0.5, 0.6) is 0 Å². The van der Waals surface area contributed by atoms with Gasteiger partial charge in [0.2, 0.25) is 10.0 Å². The second-order valence-corrected chi connectivity index (χ2v) is 9.39. The average Bonchev–Trinajstić information content (AvgIpc) is 3.09. The molecule has 0 radical (unpaired) electrons. The van der Waals surface area contributed by atoms with Gasteiger partial charge in [-0.15, -0.1) is 0 Å². The van der Waals surface area contributed by atoms with E-state index in [4.69, 9.17) is 4.74 Å². The van der Waals surface area contributed by atoms with Gasteiger partial charge in [0.05, 0.1) is 17.1 Å². The number of hydrogen-bond donors (Lipinski definition) is 1. The van der Waals surface area contributed by atoms with Gasteiger partial charge in [0.25, 0.3) is 5.91 Å². The molecule has 2 heterocycles. The summed E-state index contributed by atoms with van der Waals surface area (Å²) in [4.78, 5) is 14.9. The van der Waals surface area contributed by atoms with Crippen LogP contribution in [-0.4, -0.2) is 75.0 Å². The summed E-state index contributed by atoms with van der Waals surface area (Å²) in [6, 6.07) is 6.52. The lowest BCUT2D eigenvalue weighted by atomic mass is 10.1. The van der Waals surface area contributed by atoms with Crippen molar-refractivity contribution < 1.29 is 17.9 Å². The first kappa shape index (κ1) is 20.3. The molecule has 2 saturated heterocycles. The predicted octanol–water partition coefficient (Wildman–Crippen LogP) is 1.31. The van der Waals surface area contributed by atoms with Crippen LogP contribution in [0.3, 0.4) is 0 Å². The van der Waals surface area contributed by atoms with Crippen LogP contribution in [0, 0.1) is 0 Å². The minimum Gasteiger partial charge on any atom is -0.373 e. The number of carbonyl (C=O) groups excluding carboxylic acids is 1. The SMILES string of the molecule is CNCC1CCCN1C(=O)c1ccc(S(=O)(=O)N2CC(C)OC(C)C2)cc1. The molecule has 1 aromatic rings. The Balaban J connectivity index is 1.75. The standard InChI is InChI=1S/C19H29N3O4S/c1-14-12-21(13-15(2)26-14)27(24,25)18-8-6-16(7-9-18)19(23)22-10-4-5-17(22)11-20-3/h6-9,14-15,17,20H,4-5,10-13H2,1-3H3. The van der Waals surface area contributed by atoms with Crippen LogP contribution in [-0.2, 0) is 14.8 Å². The molecular weight excluding hydrogens is 366 g/mol. The zero-order chi connectivity index (χ0) is 19.6. The maximum absolute atomic E-state index is 12.9. The van der Waals surface area contributed by atoms with E-state index in [1.807, 2.05) is 25.8 Å². The van der Waals surface area contributed by atoms with Crippen molar-refractivity contribution in [1.29, 1.82) is 0 Å². The lowest BCUT2D eigenvalue weighted by Crippen LogP contribution is -2.48. The fraction of sp³-hybridized carbons (Fsp3) is 0.632. The Labute approximate surface area is 161 Å². The second-order valence-electron chi connectivity index (χ2n) is 7.46. The van der Waals surface area contributed by atoms with Crippen LogP contribution in [0.4, 0.5) is 0 Å². The molecule has 3 rings (SSSR count). The molecular formula is C19H29N3O4S. The lowest BCUT2D eigenvalue weighted by Gasteiger charge is -2.34. The van der Waals surface area contributed by atoms with Gasteiger partial charge in [0.1, 0.15) is 0 Å². The van der Waals surface area contributed by atoms with E-state index in [0.717, 1.165) is 25.9 Å². The monoisotopic (exact) mass is 395 g/mol. The molecule has 1 amide bonds. The molecule has 0 spiro atoms. The van der Waals surface area contributed by atoms with Gasteiger partial charge in [0.15, 0.2) is 0 Å². The van der Waals surface area contributed by atoms with Crippen LogP contribution in [0.15, 0.2) is 29.2 Å². The predicted molar refractivity (Wildman–Crippen MR) is 103 cm³/mol. The molecule has 27 heavy (non-hydrogen) atoms. The second kappa shape index (κ2) is 8.26. The Bertz CT molecular complexity index is 756. The number of nitrogens with zero attached hydrogens (tertiary/aromatic N) is 2. The van der Waals surface area contributed by atoms with Crippen molar-refractivity contribution in [2.24, 2.45) is 0 Å². The van der Waals surface area contributed by atoms with Gasteiger partial charge in [-0.1, -0.05) is 0 Å². The quantitative estimate of drug-likeness (QED) is 0.813. The molecule has 0 aromatic heterocycles. The van der Waals surface area contributed by atoms with E-state index in [9.17, 15) is 13.2 Å². The van der Waals surface area contributed by atoms with Gasteiger partial charge in [0, 0.05) is 37.8 Å².